The van der Waals surface area contributed by atoms with Gasteiger partial charge in [0.05, 0.1) is 5.71 Å². The number of pyridine rings is 1. The standard InChI is InChI=1S/C14H12N2O/c1-2-4-12(5-3-1)14-10-13(16-17-14)11-6-8-15-9-7-11/h1-9,14H,10H2/t14-/m1/s1. The smallest absolute Gasteiger partial charge is 0.158 e. The van der Waals surface area contributed by atoms with Crippen molar-refractivity contribution in [2.24, 2.45) is 5.16 Å². The third-order valence-corrected chi connectivity index (χ3v) is 2.85. The van der Waals surface area contributed by atoms with Gasteiger partial charge in [0.2, 0.25) is 0 Å². The van der Waals surface area contributed by atoms with Crippen LogP contribution in [0.3, 0.4) is 0 Å². The Hall–Kier alpha value is -2.16. The van der Waals surface area contributed by atoms with E-state index in [0.717, 1.165) is 17.7 Å². The van der Waals surface area contributed by atoms with Crippen molar-refractivity contribution in [3.63, 3.8) is 0 Å². The minimum Gasteiger partial charge on any atom is -0.387 e. The predicted octanol–water partition coefficient (Wildman–Crippen LogP) is 2.95. The molecule has 0 spiro atoms. The van der Waals surface area contributed by atoms with Gasteiger partial charge in [-0.25, -0.2) is 0 Å². The summed E-state index contributed by atoms with van der Waals surface area (Å²) in [5, 5.41) is 4.15. The van der Waals surface area contributed by atoms with Crippen LogP contribution in [0, 0.1) is 0 Å². The number of rotatable bonds is 2. The van der Waals surface area contributed by atoms with Gasteiger partial charge >= 0.3 is 0 Å². The van der Waals surface area contributed by atoms with E-state index >= 15 is 0 Å². The highest BCUT2D eigenvalue weighted by Gasteiger charge is 2.23. The Labute approximate surface area is 99.8 Å². The number of benzene rings is 1. The summed E-state index contributed by atoms with van der Waals surface area (Å²) in [6.45, 7) is 0. The summed E-state index contributed by atoms with van der Waals surface area (Å²) in [4.78, 5) is 9.47. The Morgan fingerprint density at radius 2 is 1.76 bits per heavy atom. The van der Waals surface area contributed by atoms with Crippen molar-refractivity contribution >= 4 is 5.71 Å². The van der Waals surface area contributed by atoms with Crippen molar-refractivity contribution in [3.8, 4) is 0 Å². The summed E-state index contributed by atoms with van der Waals surface area (Å²) in [7, 11) is 0. The third-order valence-electron chi connectivity index (χ3n) is 2.85. The predicted molar refractivity (Wildman–Crippen MR) is 65.7 cm³/mol. The number of nitrogens with zero attached hydrogens (tertiary/aromatic N) is 2. The van der Waals surface area contributed by atoms with E-state index in [1.54, 1.807) is 12.4 Å². The number of hydrogen-bond donors (Lipinski definition) is 0. The molecule has 1 aliphatic rings. The van der Waals surface area contributed by atoms with Crippen LogP contribution in [-0.4, -0.2) is 10.7 Å². The van der Waals surface area contributed by atoms with Crippen LogP contribution in [0.2, 0.25) is 0 Å². The van der Waals surface area contributed by atoms with Crippen molar-refractivity contribution in [1.82, 2.24) is 4.98 Å². The number of oxime groups is 1. The maximum Gasteiger partial charge on any atom is 0.158 e. The molecule has 1 aliphatic heterocycles. The van der Waals surface area contributed by atoms with Gasteiger partial charge in [-0.05, 0) is 17.7 Å². The Balaban J connectivity index is 1.78. The largest absolute Gasteiger partial charge is 0.387 e. The lowest BCUT2D eigenvalue weighted by Crippen LogP contribution is -2.01. The van der Waals surface area contributed by atoms with Gasteiger partial charge < -0.3 is 4.84 Å². The SMILES string of the molecule is c1ccc([C@H]2CC(c3ccncc3)=NO2)cc1. The van der Waals surface area contributed by atoms with Crippen LogP contribution in [0.5, 0.6) is 0 Å². The van der Waals surface area contributed by atoms with Gasteiger partial charge in [0.1, 0.15) is 0 Å². The lowest BCUT2D eigenvalue weighted by molar-refractivity contribution is 0.0857. The maximum absolute atomic E-state index is 5.47. The highest BCUT2D eigenvalue weighted by Crippen LogP contribution is 2.28. The summed E-state index contributed by atoms with van der Waals surface area (Å²) < 4.78 is 0. The van der Waals surface area contributed by atoms with E-state index in [0.29, 0.717) is 0 Å². The van der Waals surface area contributed by atoms with E-state index in [2.05, 4.69) is 22.3 Å². The van der Waals surface area contributed by atoms with Gasteiger partial charge in [-0.1, -0.05) is 35.5 Å². The molecule has 1 aromatic heterocycles. The van der Waals surface area contributed by atoms with E-state index in [9.17, 15) is 0 Å². The zero-order chi connectivity index (χ0) is 11.5. The van der Waals surface area contributed by atoms with E-state index in [1.165, 1.54) is 5.56 Å². The maximum atomic E-state index is 5.47. The molecule has 0 saturated heterocycles. The second-order valence-corrected chi connectivity index (χ2v) is 3.98. The second-order valence-electron chi connectivity index (χ2n) is 3.98. The molecule has 0 fully saturated rings. The highest BCUT2D eigenvalue weighted by molar-refractivity contribution is 6.01. The molecule has 84 valence electrons. The fraction of sp³-hybridized carbons (Fsp3) is 0.143. The second kappa shape index (κ2) is 4.37. The van der Waals surface area contributed by atoms with Crippen molar-refractivity contribution in [2.75, 3.05) is 0 Å². The molecule has 1 atom stereocenters. The van der Waals surface area contributed by atoms with Crippen molar-refractivity contribution in [2.45, 2.75) is 12.5 Å². The molecule has 1 aromatic carbocycles. The molecule has 0 N–H and O–H groups in total. The molecule has 0 bridgehead atoms. The molecule has 3 nitrogen and oxygen atoms in total. The summed E-state index contributed by atoms with van der Waals surface area (Å²) in [6, 6.07) is 14.1. The molecule has 0 unspecified atom stereocenters. The van der Waals surface area contributed by atoms with Crippen LogP contribution >= 0.6 is 0 Å². The van der Waals surface area contributed by atoms with Crippen molar-refractivity contribution in [1.29, 1.82) is 0 Å². The molecule has 2 heterocycles. The van der Waals surface area contributed by atoms with Crippen LogP contribution in [0.25, 0.3) is 0 Å². The molecule has 3 rings (SSSR count). The van der Waals surface area contributed by atoms with Crippen LogP contribution in [0.15, 0.2) is 60.0 Å². The Morgan fingerprint density at radius 1 is 1.00 bits per heavy atom. The van der Waals surface area contributed by atoms with Gasteiger partial charge in [0, 0.05) is 24.4 Å². The molecule has 3 heteroatoms. The minimum absolute atomic E-state index is 0.0411. The topological polar surface area (TPSA) is 34.5 Å². The summed E-state index contributed by atoms with van der Waals surface area (Å²) in [5.74, 6) is 0. The Kier molecular flexibility index (Phi) is 2.58. The lowest BCUT2D eigenvalue weighted by atomic mass is 10.0. The van der Waals surface area contributed by atoms with Crippen LogP contribution in [-0.2, 0) is 4.84 Å². The Morgan fingerprint density at radius 3 is 2.53 bits per heavy atom. The van der Waals surface area contributed by atoms with Gasteiger partial charge in [-0.2, -0.15) is 0 Å². The molecular weight excluding hydrogens is 212 g/mol. The molecule has 0 aliphatic carbocycles. The third kappa shape index (κ3) is 2.04. The van der Waals surface area contributed by atoms with E-state index in [4.69, 9.17) is 4.84 Å². The molecule has 0 saturated carbocycles. The first-order valence-electron chi connectivity index (χ1n) is 5.61. The average molecular weight is 224 g/mol. The van der Waals surface area contributed by atoms with Crippen LogP contribution in [0.4, 0.5) is 0 Å². The first-order valence-corrected chi connectivity index (χ1v) is 5.61. The zero-order valence-corrected chi connectivity index (χ0v) is 9.28. The molecule has 0 radical (unpaired) electrons. The highest BCUT2D eigenvalue weighted by atomic mass is 16.6. The van der Waals surface area contributed by atoms with E-state index in [-0.39, 0.29) is 6.10 Å². The van der Waals surface area contributed by atoms with Gasteiger partial charge in [0.25, 0.3) is 0 Å². The van der Waals surface area contributed by atoms with E-state index < -0.39 is 0 Å². The number of aromatic nitrogens is 1. The van der Waals surface area contributed by atoms with Crippen molar-refractivity contribution in [3.05, 3.63) is 66.0 Å². The van der Waals surface area contributed by atoms with E-state index in [1.807, 2.05) is 30.3 Å². The Bertz CT molecular complexity index is 522. The first-order chi connectivity index (χ1) is 8.43. The molecular formula is C14H12N2O. The number of hydrogen-bond acceptors (Lipinski definition) is 3. The van der Waals surface area contributed by atoms with Gasteiger partial charge in [0.15, 0.2) is 6.10 Å². The monoisotopic (exact) mass is 224 g/mol. The zero-order valence-electron chi connectivity index (χ0n) is 9.28. The van der Waals surface area contributed by atoms with Crippen molar-refractivity contribution < 1.29 is 4.84 Å². The fourth-order valence-electron chi connectivity index (χ4n) is 1.94. The summed E-state index contributed by atoms with van der Waals surface area (Å²) in [6.07, 6.45) is 4.40. The van der Waals surface area contributed by atoms with Crippen LogP contribution < -0.4 is 0 Å². The average Bonchev–Trinajstić information content (AvgIpc) is 2.90. The normalized spacial score (nSPS) is 18.6. The van der Waals surface area contributed by atoms with Crippen LogP contribution in [0.1, 0.15) is 23.7 Å². The fourth-order valence-corrected chi connectivity index (χ4v) is 1.94. The minimum atomic E-state index is 0.0411. The van der Waals surface area contributed by atoms with Gasteiger partial charge in [-0.3, -0.25) is 4.98 Å². The quantitative estimate of drug-likeness (QED) is 0.786. The molecule has 0 amide bonds. The first kappa shape index (κ1) is 10.0. The lowest BCUT2D eigenvalue weighted by Gasteiger charge is -2.07. The summed E-state index contributed by atoms with van der Waals surface area (Å²) >= 11 is 0. The molecule has 2 aromatic rings. The van der Waals surface area contributed by atoms with Gasteiger partial charge in [-0.15, -0.1) is 0 Å². The molecule has 17 heavy (non-hydrogen) atoms. The summed E-state index contributed by atoms with van der Waals surface area (Å²) in [5.41, 5.74) is 3.24.